The maximum Gasteiger partial charge on any atom is 0.0837 e. The molecule has 0 bridgehead atoms. The Labute approximate surface area is 120 Å². The number of halogens is 2. The first-order chi connectivity index (χ1) is 8.50. The molecule has 96 valence electrons. The third kappa shape index (κ3) is 2.60. The van der Waals surface area contributed by atoms with E-state index in [1.165, 1.54) is 0 Å². The van der Waals surface area contributed by atoms with Crippen molar-refractivity contribution in [1.82, 2.24) is 9.78 Å². The minimum atomic E-state index is -0.278. The first-order valence-electron chi connectivity index (χ1n) is 5.74. The Hall–Kier alpha value is -0.840. The second-order valence-corrected chi connectivity index (χ2v) is 5.77. The molecule has 1 aromatic carbocycles. The maximum atomic E-state index is 6.30. The van der Waals surface area contributed by atoms with E-state index in [0.29, 0.717) is 5.02 Å². The van der Waals surface area contributed by atoms with Crippen molar-refractivity contribution in [2.24, 2.45) is 5.73 Å². The van der Waals surface area contributed by atoms with Crippen LogP contribution in [-0.2, 0) is 0 Å². The van der Waals surface area contributed by atoms with Crippen molar-refractivity contribution in [3.8, 4) is 0 Å². The normalized spacial score (nSPS) is 13.0. The monoisotopic (exact) mass is 327 g/mol. The van der Waals surface area contributed by atoms with Gasteiger partial charge in [0.05, 0.1) is 23.0 Å². The summed E-state index contributed by atoms with van der Waals surface area (Å²) in [7, 11) is 0. The molecule has 0 aliphatic rings. The van der Waals surface area contributed by atoms with E-state index in [2.05, 4.69) is 34.9 Å². The van der Waals surface area contributed by atoms with E-state index in [4.69, 9.17) is 17.3 Å². The molecule has 2 aromatic rings. The van der Waals surface area contributed by atoms with Crippen LogP contribution in [0.2, 0.25) is 5.02 Å². The number of rotatable bonds is 3. The van der Waals surface area contributed by atoms with Gasteiger partial charge >= 0.3 is 0 Å². The van der Waals surface area contributed by atoms with Crippen molar-refractivity contribution in [3.05, 3.63) is 51.2 Å². The van der Waals surface area contributed by atoms with E-state index in [9.17, 15) is 0 Å². The molecule has 0 aliphatic heterocycles. The van der Waals surface area contributed by atoms with E-state index >= 15 is 0 Å². The number of nitrogens with two attached hydrogens (primary N) is 1. The van der Waals surface area contributed by atoms with Crippen molar-refractivity contribution in [2.45, 2.75) is 25.9 Å². The second-order valence-electron chi connectivity index (χ2n) is 4.45. The lowest BCUT2D eigenvalue weighted by atomic mass is 10.0. The number of aromatic nitrogens is 2. The molecule has 2 rings (SSSR count). The summed E-state index contributed by atoms with van der Waals surface area (Å²) in [6.07, 6.45) is 1.65. The highest BCUT2D eigenvalue weighted by Crippen LogP contribution is 2.29. The molecular formula is C13H15BrClN3. The van der Waals surface area contributed by atoms with Gasteiger partial charge in [0.25, 0.3) is 0 Å². The molecule has 0 saturated carbocycles. The average Bonchev–Trinajstić information content (AvgIpc) is 2.70. The number of hydrogen-bond acceptors (Lipinski definition) is 2. The number of benzene rings is 1. The fourth-order valence-corrected chi connectivity index (χ4v) is 2.58. The van der Waals surface area contributed by atoms with Crippen LogP contribution in [0.25, 0.3) is 0 Å². The number of hydrogen-bond donors (Lipinski definition) is 1. The van der Waals surface area contributed by atoms with Gasteiger partial charge in [-0.2, -0.15) is 5.10 Å². The Morgan fingerprint density at radius 3 is 2.72 bits per heavy atom. The molecule has 2 N–H and O–H groups in total. The van der Waals surface area contributed by atoms with Crippen LogP contribution < -0.4 is 5.73 Å². The van der Waals surface area contributed by atoms with E-state index in [1.54, 1.807) is 6.20 Å². The van der Waals surface area contributed by atoms with Gasteiger partial charge in [0.1, 0.15) is 0 Å². The van der Waals surface area contributed by atoms with Gasteiger partial charge < -0.3 is 5.73 Å². The van der Waals surface area contributed by atoms with E-state index < -0.39 is 0 Å². The fourth-order valence-electron chi connectivity index (χ4n) is 1.91. The Morgan fingerprint density at radius 1 is 1.39 bits per heavy atom. The van der Waals surface area contributed by atoms with Gasteiger partial charge in [-0.1, -0.05) is 39.7 Å². The Kier molecular flexibility index (Phi) is 4.10. The lowest BCUT2D eigenvalue weighted by Crippen LogP contribution is -2.19. The summed E-state index contributed by atoms with van der Waals surface area (Å²) < 4.78 is 2.87. The van der Waals surface area contributed by atoms with Crippen molar-refractivity contribution in [1.29, 1.82) is 0 Å². The Morgan fingerprint density at radius 2 is 2.11 bits per heavy atom. The highest BCUT2D eigenvalue weighted by atomic mass is 79.9. The van der Waals surface area contributed by atoms with Gasteiger partial charge in [0.15, 0.2) is 0 Å². The van der Waals surface area contributed by atoms with Gasteiger partial charge in [-0.15, -0.1) is 0 Å². The first-order valence-corrected chi connectivity index (χ1v) is 6.91. The molecule has 3 nitrogen and oxygen atoms in total. The van der Waals surface area contributed by atoms with Crippen molar-refractivity contribution < 1.29 is 0 Å². The third-order valence-electron chi connectivity index (χ3n) is 2.78. The highest BCUT2D eigenvalue weighted by molar-refractivity contribution is 9.10. The van der Waals surface area contributed by atoms with Gasteiger partial charge in [-0.25, -0.2) is 0 Å². The molecule has 18 heavy (non-hydrogen) atoms. The molecule has 0 spiro atoms. The third-order valence-corrected chi connectivity index (χ3v) is 3.56. The first kappa shape index (κ1) is 13.6. The van der Waals surface area contributed by atoms with Crippen molar-refractivity contribution in [2.75, 3.05) is 0 Å². The second kappa shape index (κ2) is 5.43. The molecule has 0 amide bonds. The van der Waals surface area contributed by atoms with Crippen molar-refractivity contribution in [3.63, 3.8) is 0 Å². The minimum Gasteiger partial charge on any atom is -0.319 e. The van der Waals surface area contributed by atoms with Crippen LogP contribution >= 0.6 is 27.5 Å². The lowest BCUT2D eigenvalue weighted by molar-refractivity contribution is 0.499. The summed E-state index contributed by atoms with van der Waals surface area (Å²) in [4.78, 5) is 0. The van der Waals surface area contributed by atoms with E-state index in [0.717, 1.165) is 15.7 Å². The SMILES string of the molecule is CC(C)n1ncc(Cl)c1C(N)c1cccc(Br)c1. The predicted octanol–water partition coefficient (Wildman–Crippen LogP) is 3.93. The van der Waals surface area contributed by atoms with Crippen molar-refractivity contribution >= 4 is 27.5 Å². The van der Waals surface area contributed by atoms with Crippen LogP contribution in [0.4, 0.5) is 0 Å². The molecule has 0 saturated heterocycles. The molecule has 0 fully saturated rings. The van der Waals surface area contributed by atoms with Crippen LogP contribution in [-0.4, -0.2) is 9.78 Å². The van der Waals surface area contributed by atoms with Gasteiger partial charge in [-0.05, 0) is 31.5 Å². The van der Waals surface area contributed by atoms with Crippen LogP contribution in [0.15, 0.2) is 34.9 Å². The summed E-state index contributed by atoms with van der Waals surface area (Å²) in [6, 6.07) is 7.87. The topological polar surface area (TPSA) is 43.8 Å². The van der Waals surface area contributed by atoms with Gasteiger partial charge in [0, 0.05) is 10.5 Å². The predicted molar refractivity (Wildman–Crippen MR) is 77.8 cm³/mol. The number of nitrogens with zero attached hydrogens (tertiary/aromatic N) is 2. The summed E-state index contributed by atoms with van der Waals surface area (Å²) in [5.41, 5.74) is 8.16. The average molecular weight is 329 g/mol. The zero-order valence-corrected chi connectivity index (χ0v) is 12.6. The summed E-state index contributed by atoms with van der Waals surface area (Å²) in [5.74, 6) is 0. The molecule has 0 aliphatic carbocycles. The summed E-state index contributed by atoms with van der Waals surface area (Å²) >= 11 is 9.65. The smallest absolute Gasteiger partial charge is 0.0837 e. The summed E-state index contributed by atoms with van der Waals surface area (Å²) in [5, 5.41) is 4.88. The molecule has 1 heterocycles. The molecule has 1 unspecified atom stereocenters. The zero-order valence-electron chi connectivity index (χ0n) is 10.3. The fraction of sp³-hybridized carbons (Fsp3) is 0.308. The quantitative estimate of drug-likeness (QED) is 0.928. The van der Waals surface area contributed by atoms with E-state index in [-0.39, 0.29) is 12.1 Å². The minimum absolute atomic E-state index is 0.228. The van der Waals surface area contributed by atoms with Crippen LogP contribution in [0.3, 0.4) is 0 Å². The van der Waals surface area contributed by atoms with Gasteiger partial charge in [-0.3, -0.25) is 4.68 Å². The van der Waals surface area contributed by atoms with Crippen LogP contribution in [0.1, 0.15) is 37.2 Å². The van der Waals surface area contributed by atoms with Crippen LogP contribution in [0.5, 0.6) is 0 Å². The molecule has 1 atom stereocenters. The molecule has 1 aromatic heterocycles. The van der Waals surface area contributed by atoms with Gasteiger partial charge in [0.2, 0.25) is 0 Å². The maximum absolute atomic E-state index is 6.30. The Bertz CT molecular complexity index is 551. The van der Waals surface area contributed by atoms with E-state index in [1.807, 2.05) is 28.9 Å². The molecule has 5 heteroatoms. The molecule has 0 radical (unpaired) electrons. The molecular weight excluding hydrogens is 314 g/mol. The Balaban J connectivity index is 2.45. The zero-order chi connectivity index (χ0) is 13.3. The lowest BCUT2D eigenvalue weighted by Gasteiger charge is -2.18. The largest absolute Gasteiger partial charge is 0.319 e. The summed E-state index contributed by atoms with van der Waals surface area (Å²) in [6.45, 7) is 4.11. The standard InChI is InChI=1S/C13H15BrClN3/c1-8(2)18-13(11(15)7-17-18)12(16)9-4-3-5-10(14)6-9/h3-8,12H,16H2,1-2H3. The van der Waals surface area contributed by atoms with Crippen LogP contribution in [0, 0.1) is 0 Å². The highest BCUT2D eigenvalue weighted by Gasteiger charge is 2.20.